The maximum atomic E-state index is 10.4. The van der Waals surface area contributed by atoms with Gasteiger partial charge in [-0.15, -0.1) is 0 Å². The van der Waals surface area contributed by atoms with Crippen molar-refractivity contribution in [2.24, 2.45) is 0 Å². The van der Waals surface area contributed by atoms with Crippen molar-refractivity contribution in [1.29, 1.82) is 0 Å². The average molecular weight is 264 g/mol. The Bertz CT molecular complexity index is 788. The predicted octanol–water partition coefficient (Wildman–Crippen LogP) is 2.26. The molecule has 0 aliphatic carbocycles. The van der Waals surface area contributed by atoms with Crippen molar-refractivity contribution in [1.82, 2.24) is 5.16 Å². The van der Waals surface area contributed by atoms with Gasteiger partial charge in [-0.3, -0.25) is 0 Å². The van der Waals surface area contributed by atoms with Crippen molar-refractivity contribution in [3.8, 4) is 11.3 Å². The minimum atomic E-state index is -1.23. The summed E-state index contributed by atoms with van der Waals surface area (Å²) in [6, 6.07) is 15.1. The molecule has 0 spiro atoms. The van der Waals surface area contributed by atoms with Crippen LogP contribution < -0.4 is 5.11 Å². The molecule has 0 atom stereocenters. The second-order valence-electron chi connectivity index (χ2n) is 4.31. The number of hydrogen-bond acceptors (Lipinski definition) is 4. The van der Waals surface area contributed by atoms with E-state index in [0.29, 0.717) is 11.3 Å². The first-order chi connectivity index (χ1) is 9.74. The third-order valence-corrected chi connectivity index (χ3v) is 2.95. The number of rotatable bonds is 3. The molecule has 0 radical (unpaired) electrons. The van der Waals surface area contributed by atoms with Crippen molar-refractivity contribution in [2.45, 2.75) is 0 Å². The second-order valence-corrected chi connectivity index (χ2v) is 4.31. The minimum absolute atomic E-state index is 0.685. The molecular weight excluding hydrogens is 254 g/mol. The van der Waals surface area contributed by atoms with Crippen LogP contribution in [0.4, 0.5) is 0 Å². The number of hydrogen-bond donors (Lipinski definition) is 0. The lowest BCUT2D eigenvalue weighted by Gasteiger charge is -1.97. The highest BCUT2D eigenvalue weighted by molar-refractivity contribution is 5.93. The fourth-order valence-corrected chi connectivity index (χ4v) is 2.03. The highest BCUT2D eigenvalue weighted by Crippen LogP contribution is 2.29. The molecule has 3 rings (SSSR count). The number of carbonyl (C=O) groups is 1. The maximum Gasteiger partial charge on any atom is 0.174 e. The predicted molar refractivity (Wildman–Crippen MR) is 73.5 cm³/mol. The molecular formula is C16H10NO3-. The molecule has 98 valence electrons. The SMILES string of the molecule is O=C([O-])/C=C/c1ccc2c(-c3ccccc3)onc2c1. The number of fused-ring (bicyclic) bond motifs is 1. The molecule has 0 fully saturated rings. The summed E-state index contributed by atoms with van der Waals surface area (Å²) in [5, 5.41) is 15.3. The van der Waals surface area contributed by atoms with Gasteiger partial charge in [-0.25, -0.2) is 0 Å². The largest absolute Gasteiger partial charge is 0.545 e. The third-order valence-electron chi connectivity index (χ3n) is 2.95. The van der Waals surface area contributed by atoms with E-state index in [1.807, 2.05) is 42.5 Å². The van der Waals surface area contributed by atoms with Gasteiger partial charge in [0.05, 0.1) is 5.97 Å². The van der Waals surface area contributed by atoms with Crippen LogP contribution in [0.3, 0.4) is 0 Å². The summed E-state index contributed by atoms with van der Waals surface area (Å²) in [6.07, 6.45) is 2.45. The number of aromatic nitrogens is 1. The van der Waals surface area contributed by atoms with Crippen molar-refractivity contribution in [3.63, 3.8) is 0 Å². The molecule has 2 aromatic carbocycles. The first-order valence-corrected chi connectivity index (χ1v) is 6.08. The fourth-order valence-electron chi connectivity index (χ4n) is 2.03. The molecule has 0 saturated heterocycles. The molecule has 0 amide bonds. The lowest BCUT2D eigenvalue weighted by molar-refractivity contribution is -0.297. The number of carboxylic acid groups (broad SMARTS) is 1. The molecule has 20 heavy (non-hydrogen) atoms. The van der Waals surface area contributed by atoms with Crippen LogP contribution in [0.5, 0.6) is 0 Å². The van der Waals surface area contributed by atoms with E-state index in [1.165, 1.54) is 6.08 Å². The lowest BCUT2D eigenvalue weighted by atomic mass is 10.1. The summed E-state index contributed by atoms with van der Waals surface area (Å²) in [5.74, 6) is -0.522. The molecule has 0 N–H and O–H groups in total. The number of nitrogens with zero attached hydrogens (tertiary/aromatic N) is 1. The number of aliphatic carboxylic acids is 1. The monoisotopic (exact) mass is 264 g/mol. The first-order valence-electron chi connectivity index (χ1n) is 6.08. The summed E-state index contributed by atoms with van der Waals surface area (Å²) in [5.41, 5.74) is 2.37. The minimum Gasteiger partial charge on any atom is -0.545 e. The third kappa shape index (κ3) is 2.31. The Morgan fingerprint density at radius 3 is 2.70 bits per heavy atom. The van der Waals surface area contributed by atoms with Crippen molar-refractivity contribution in [2.75, 3.05) is 0 Å². The standard InChI is InChI=1S/C16H11NO3/c18-15(19)9-7-11-6-8-13-14(10-11)17-20-16(13)12-4-2-1-3-5-12/h1-10H,(H,18,19)/p-1/b9-7+. The van der Waals surface area contributed by atoms with Gasteiger partial charge in [0.25, 0.3) is 0 Å². The number of carbonyl (C=O) groups excluding carboxylic acids is 1. The van der Waals surface area contributed by atoms with E-state index in [4.69, 9.17) is 4.52 Å². The normalized spacial score (nSPS) is 11.2. The topological polar surface area (TPSA) is 66.2 Å². The van der Waals surface area contributed by atoms with Gasteiger partial charge < -0.3 is 14.4 Å². The van der Waals surface area contributed by atoms with Gasteiger partial charge in [0.15, 0.2) is 5.76 Å². The molecule has 1 aromatic heterocycles. The van der Waals surface area contributed by atoms with Crippen LogP contribution in [0.1, 0.15) is 5.56 Å². The van der Waals surface area contributed by atoms with Gasteiger partial charge in [0, 0.05) is 10.9 Å². The Hall–Kier alpha value is -2.88. The van der Waals surface area contributed by atoms with Gasteiger partial charge in [0.1, 0.15) is 5.52 Å². The van der Waals surface area contributed by atoms with Crippen LogP contribution in [0, 0.1) is 0 Å². The molecule has 3 aromatic rings. The second kappa shape index (κ2) is 5.01. The van der Waals surface area contributed by atoms with E-state index in [1.54, 1.807) is 6.07 Å². The Labute approximate surface area is 114 Å². The van der Waals surface area contributed by atoms with Gasteiger partial charge in [-0.1, -0.05) is 47.6 Å². The van der Waals surface area contributed by atoms with Crippen molar-refractivity contribution >= 4 is 22.9 Å². The fraction of sp³-hybridized carbons (Fsp3) is 0. The van der Waals surface area contributed by atoms with E-state index in [9.17, 15) is 9.90 Å². The zero-order valence-electron chi connectivity index (χ0n) is 10.4. The molecule has 0 unspecified atom stereocenters. The summed E-state index contributed by atoms with van der Waals surface area (Å²) in [4.78, 5) is 10.4. The quantitative estimate of drug-likeness (QED) is 0.680. The lowest BCUT2D eigenvalue weighted by Crippen LogP contribution is -2.18. The first kappa shape index (κ1) is 12.2. The zero-order chi connectivity index (χ0) is 13.9. The molecule has 0 bridgehead atoms. The van der Waals surface area contributed by atoms with E-state index < -0.39 is 5.97 Å². The summed E-state index contributed by atoms with van der Waals surface area (Å²) < 4.78 is 5.38. The molecule has 0 aliphatic heterocycles. The van der Waals surface area contributed by atoms with E-state index in [2.05, 4.69) is 5.16 Å². The zero-order valence-corrected chi connectivity index (χ0v) is 10.4. The molecule has 4 heteroatoms. The molecule has 0 saturated carbocycles. The summed E-state index contributed by atoms with van der Waals surface area (Å²) in [7, 11) is 0. The molecule has 1 heterocycles. The van der Waals surface area contributed by atoms with Gasteiger partial charge >= 0.3 is 0 Å². The van der Waals surface area contributed by atoms with Crippen molar-refractivity contribution in [3.05, 3.63) is 60.2 Å². The van der Waals surface area contributed by atoms with Gasteiger partial charge in [-0.2, -0.15) is 0 Å². The number of benzene rings is 2. The van der Waals surface area contributed by atoms with E-state index in [0.717, 1.165) is 22.6 Å². The van der Waals surface area contributed by atoms with Gasteiger partial charge in [0.2, 0.25) is 0 Å². The van der Waals surface area contributed by atoms with Crippen LogP contribution in [0.25, 0.3) is 28.3 Å². The smallest absolute Gasteiger partial charge is 0.174 e. The Morgan fingerprint density at radius 1 is 1.15 bits per heavy atom. The Balaban J connectivity index is 2.05. The Kier molecular flexibility index (Phi) is 3.05. The van der Waals surface area contributed by atoms with E-state index in [-0.39, 0.29) is 0 Å². The van der Waals surface area contributed by atoms with Crippen molar-refractivity contribution < 1.29 is 14.4 Å². The van der Waals surface area contributed by atoms with Crippen LogP contribution in [0.2, 0.25) is 0 Å². The van der Waals surface area contributed by atoms with Crippen LogP contribution in [0.15, 0.2) is 59.1 Å². The van der Waals surface area contributed by atoms with Crippen LogP contribution in [-0.4, -0.2) is 11.1 Å². The molecule has 4 nitrogen and oxygen atoms in total. The summed E-state index contributed by atoms with van der Waals surface area (Å²) >= 11 is 0. The maximum absolute atomic E-state index is 10.4. The van der Waals surface area contributed by atoms with Crippen LogP contribution in [-0.2, 0) is 4.79 Å². The molecule has 0 aliphatic rings. The van der Waals surface area contributed by atoms with Crippen LogP contribution >= 0.6 is 0 Å². The highest BCUT2D eigenvalue weighted by Gasteiger charge is 2.09. The highest BCUT2D eigenvalue weighted by atomic mass is 16.5. The van der Waals surface area contributed by atoms with Gasteiger partial charge in [-0.05, 0) is 23.8 Å². The van der Waals surface area contributed by atoms with E-state index >= 15 is 0 Å². The number of carboxylic acids is 1. The average Bonchev–Trinajstić information content (AvgIpc) is 2.89. The Morgan fingerprint density at radius 2 is 1.95 bits per heavy atom. The summed E-state index contributed by atoms with van der Waals surface area (Å²) in [6.45, 7) is 0.